The minimum absolute atomic E-state index is 0.442. The largest absolute Gasteiger partial charge is 0.192 e. The summed E-state index contributed by atoms with van der Waals surface area (Å²) in [7, 11) is 0. The van der Waals surface area contributed by atoms with Crippen LogP contribution in [0.3, 0.4) is 0 Å². The molecule has 0 saturated heterocycles. The minimum atomic E-state index is 0.442. The Balaban J connectivity index is 2.12. The predicted molar refractivity (Wildman–Crippen MR) is 80.6 cm³/mol. The van der Waals surface area contributed by atoms with Crippen molar-refractivity contribution in [2.24, 2.45) is 0 Å². The lowest BCUT2D eigenvalue weighted by molar-refractivity contribution is 1.15. The lowest BCUT2D eigenvalue weighted by Crippen LogP contribution is -1.93. The van der Waals surface area contributed by atoms with Crippen LogP contribution in [0.1, 0.15) is 11.1 Å². The third kappa shape index (κ3) is 2.26. The summed E-state index contributed by atoms with van der Waals surface area (Å²) < 4.78 is 0. The summed E-state index contributed by atoms with van der Waals surface area (Å²) in [6.45, 7) is 0. The molecule has 2 aromatic rings. The summed E-state index contributed by atoms with van der Waals surface area (Å²) >= 11 is 15.2. The van der Waals surface area contributed by atoms with E-state index in [1.807, 2.05) is 0 Å². The van der Waals surface area contributed by atoms with Gasteiger partial charge in [0.2, 0.25) is 0 Å². The van der Waals surface area contributed by atoms with E-state index in [4.69, 9.17) is 33.7 Å². The molecule has 20 heavy (non-hydrogen) atoms. The molecule has 1 aliphatic heterocycles. The zero-order valence-corrected chi connectivity index (χ0v) is 12.9. The van der Waals surface area contributed by atoms with E-state index in [0.29, 0.717) is 21.2 Å². The van der Waals surface area contributed by atoms with E-state index in [2.05, 4.69) is 12.1 Å². The molecule has 0 atom stereocenters. The molecule has 0 N–H and O–H groups in total. The minimum Gasteiger partial charge on any atom is -0.192 e. The van der Waals surface area contributed by atoms with Crippen molar-refractivity contribution < 1.29 is 0 Å². The van der Waals surface area contributed by atoms with Crippen LogP contribution >= 0.6 is 46.7 Å². The Morgan fingerprint density at radius 1 is 0.700 bits per heavy atom. The summed E-state index contributed by atoms with van der Waals surface area (Å²) in [4.78, 5) is 3.92. The summed E-state index contributed by atoms with van der Waals surface area (Å²) in [5.41, 5.74) is 0.920. The topological polar surface area (TPSA) is 47.6 Å². The van der Waals surface area contributed by atoms with Crippen LogP contribution in [-0.2, 0) is 0 Å². The Morgan fingerprint density at radius 3 is 1.40 bits per heavy atom. The van der Waals surface area contributed by atoms with Gasteiger partial charge in [-0.1, -0.05) is 46.7 Å². The second kappa shape index (κ2) is 5.24. The van der Waals surface area contributed by atoms with Crippen LogP contribution in [0, 0.1) is 22.7 Å². The molecule has 0 aromatic heterocycles. The standard InChI is InChI=1S/C14H4Cl2N2S2/c15-9-3-13-11(1-7(9)5-17)19-14-4-10(16)8(6-18)2-12(14)20-13/h1-4H. The first kappa shape index (κ1) is 13.7. The quantitative estimate of drug-likeness (QED) is 0.555. The van der Waals surface area contributed by atoms with Crippen LogP contribution in [0.2, 0.25) is 10.0 Å². The first-order valence-electron chi connectivity index (χ1n) is 5.45. The van der Waals surface area contributed by atoms with E-state index in [0.717, 1.165) is 19.6 Å². The number of nitriles is 2. The Morgan fingerprint density at radius 2 is 1.05 bits per heavy atom. The van der Waals surface area contributed by atoms with Crippen LogP contribution < -0.4 is 0 Å². The van der Waals surface area contributed by atoms with Gasteiger partial charge in [-0.25, -0.2) is 0 Å². The fourth-order valence-electron chi connectivity index (χ4n) is 1.80. The van der Waals surface area contributed by atoms with Crippen molar-refractivity contribution in [3.05, 3.63) is 45.4 Å². The third-order valence-electron chi connectivity index (χ3n) is 2.75. The maximum atomic E-state index is 9.02. The lowest BCUT2D eigenvalue weighted by atomic mass is 10.2. The smallest absolute Gasteiger partial charge is 0.101 e. The number of fused-ring (bicyclic) bond motifs is 2. The molecular weight excluding hydrogens is 331 g/mol. The van der Waals surface area contributed by atoms with Gasteiger partial charge < -0.3 is 0 Å². The van der Waals surface area contributed by atoms with Gasteiger partial charge in [-0.2, -0.15) is 10.5 Å². The highest BCUT2D eigenvalue weighted by atomic mass is 35.5. The molecule has 0 bridgehead atoms. The van der Waals surface area contributed by atoms with Crippen LogP contribution in [0.25, 0.3) is 0 Å². The van der Waals surface area contributed by atoms with E-state index in [1.165, 1.54) is 23.5 Å². The second-order valence-corrected chi connectivity index (χ2v) is 6.97. The molecule has 1 heterocycles. The first-order valence-corrected chi connectivity index (χ1v) is 7.84. The van der Waals surface area contributed by atoms with E-state index < -0.39 is 0 Å². The van der Waals surface area contributed by atoms with Crippen molar-refractivity contribution in [3.8, 4) is 12.1 Å². The zero-order valence-electron chi connectivity index (χ0n) is 9.78. The van der Waals surface area contributed by atoms with Crippen molar-refractivity contribution in [1.82, 2.24) is 0 Å². The summed E-state index contributed by atoms with van der Waals surface area (Å²) in [5, 5.41) is 18.9. The second-order valence-electron chi connectivity index (χ2n) is 3.99. The maximum absolute atomic E-state index is 9.02. The van der Waals surface area contributed by atoms with Crippen molar-refractivity contribution in [2.75, 3.05) is 0 Å². The van der Waals surface area contributed by atoms with Gasteiger partial charge in [0.15, 0.2) is 0 Å². The molecule has 2 nitrogen and oxygen atoms in total. The Labute approximate surface area is 134 Å². The first-order chi connectivity index (χ1) is 9.62. The van der Waals surface area contributed by atoms with Gasteiger partial charge in [0.05, 0.1) is 21.2 Å². The molecule has 0 fully saturated rings. The van der Waals surface area contributed by atoms with Gasteiger partial charge >= 0.3 is 0 Å². The molecule has 0 spiro atoms. The molecule has 0 aliphatic carbocycles. The van der Waals surface area contributed by atoms with Gasteiger partial charge in [0.1, 0.15) is 12.1 Å². The van der Waals surface area contributed by atoms with E-state index in [1.54, 1.807) is 24.3 Å². The van der Waals surface area contributed by atoms with Crippen LogP contribution in [0.5, 0.6) is 0 Å². The van der Waals surface area contributed by atoms with Gasteiger partial charge in [0.25, 0.3) is 0 Å². The lowest BCUT2D eigenvalue weighted by Gasteiger charge is -2.19. The highest BCUT2D eigenvalue weighted by molar-refractivity contribution is 8.05. The van der Waals surface area contributed by atoms with Gasteiger partial charge in [-0.05, 0) is 24.3 Å². The number of halogens is 2. The molecule has 1 aliphatic rings. The molecule has 0 saturated carbocycles. The number of rotatable bonds is 0. The Hall–Kier alpha value is -1.30. The number of hydrogen-bond acceptors (Lipinski definition) is 4. The Bertz CT molecular complexity index is 750. The SMILES string of the molecule is N#Cc1cc2c(cc1Cl)Sc1cc(C#N)c(Cl)cc1S2. The van der Waals surface area contributed by atoms with Gasteiger partial charge in [-0.3, -0.25) is 0 Å². The molecule has 6 heteroatoms. The average molecular weight is 335 g/mol. The van der Waals surface area contributed by atoms with Crippen molar-refractivity contribution in [2.45, 2.75) is 19.6 Å². The average Bonchev–Trinajstić information content (AvgIpc) is 2.44. The van der Waals surface area contributed by atoms with Gasteiger partial charge in [-0.15, -0.1) is 0 Å². The van der Waals surface area contributed by atoms with E-state index >= 15 is 0 Å². The molecule has 3 rings (SSSR count). The summed E-state index contributed by atoms with van der Waals surface area (Å²) in [6.07, 6.45) is 0. The predicted octanol–water partition coefficient (Wildman–Crippen LogP) is 5.35. The Kier molecular flexibility index (Phi) is 3.58. The molecule has 0 amide bonds. The van der Waals surface area contributed by atoms with Gasteiger partial charge in [0, 0.05) is 19.6 Å². The monoisotopic (exact) mass is 334 g/mol. The molecular formula is C14H4Cl2N2S2. The van der Waals surface area contributed by atoms with Crippen LogP contribution in [-0.4, -0.2) is 0 Å². The summed E-state index contributed by atoms with van der Waals surface area (Å²) in [6, 6.07) is 11.3. The highest BCUT2D eigenvalue weighted by Crippen LogP contribution is 2.50. The normalized spacial score (nSPS) is 12.0. The fraction of sp³-hybridized carbons (Fsp3) is 0. The van der Waals surface area contributed by atoms with E-state index in [-0.39, 0.29) is 0 Å². The van der Waals surface area contributed by atoms with Crippen molar-refractivity contribution in [1.29, 1.82) is 10.5 Å². The molecule has 0 radical (unpaired) electrons. The number of hydrogen-bond donors (Lipinski definition) is 0. The van der Waals surface area contributed by atoms with Crippen molar-refractivity contribution in [3.63, 3.8) is 0 Å². The number of nitrogens with zero attached hydrogens (tertiary/aromatic N) is 2. The molecule has 2 aromatic carbocycles. The van der Waals surface area contributed by atoms with Crippen LogP contribution in [0.4, 0.5) is 0 Å². The molecule has 0 unspecified atom stereocenters. The molecule has 96 valence electrons. The fourth-order valence-corrected chi connectivity index (χ4v) is 4.66. The highest BCUT2D eigenvalue weighted by Gasteiger charge is 2.20. The zero-order chi connectivity index (χ0) is 14.3. The third-order valence-corrected chi connectivity index (χ3v) is 5.86. The maximum Gasteiger partial charge on any atom is 0.101 e. The summed E-state index contributed by atoms with van der Waals surface area (Å²) in [5.74, 6) is 0. The van der Waals surface area contributed by atoms with E-state index in [9.17, 15) is 0 Å². The van der Waals surface area contributed by atoms with Crippen molar-refractivity contribution >= 4 is 46.7 Å². The number of benzene rings is 2. The van der Waals surface area contributed by atoms with Crippen LogP contribution in [0.15, 0.2) is 43.8 Å².